The lowest BCUT2D eigenvalue weighted by molar-refractivity contribution is 1.07. The molecular weight excluding hydrogens is 701 g/mol. The van der Waals surface area contributed by atoms with Crippen LogP contribution < -0.4 is 0 Å². The fraction of sp³-hybridized carbons (Fsp3) is 0. The van der Waals surface area contributed by atoms with Crippen LogP contribution in [-0.2, 0) is 0 Å². The van der Waals surface area contributed by atoms with E-state index in [2.05, 4.69) is 138 Å². The van der Waals surface area contributed by atoms with Crippen LogP contribution in [0.25, 0.3) is 104 Å². The maximum absolute atomic E-state index is 4.97. The molecule has 4 nitrogen and oxygen atoms in total. The second kappa shape index (κ2) is 13.3. The summed E-state index contributed by atoms with van der Waals surface area (Å²) < 4.78 is 4.84. The average molecular weight is 733 g/mol. The van der Waals surface area contributed by atoms with Gasteiger partial charge in [-0.1, -0.05) is 152 Å². The van der Waals surface area contributed by atoms with Crippen molar-refractivity contribution >= 4 is 53.3 Å². The Labute approximate surface area is 327 Å². The van der Waals surface area contributed by atoms with Gasteiger partial charge in [0.2, 0.25) is 0 Å². The number of aromatic nitrogens is 4. The van der Waals surface area contributed by atoms with E-state index < -0.39 is 0 Å². The van der Waals surface area contributed by atoms with Crippen molar-refractivity contribution in [2.45, 2.75) is 0 Å². The maximum Gasteiger partial charge on any atom is 0.164 e. The smallest absolute Gasteiger partial charge is 0.164 e. The highest BCUT2D eigenvalue weighted by Gasteiger charge is 2.16. The van der Waals surface area contributed by atoms with Crippen LogP contribution in [0.4, 0.5) is 0 Å². The molecule has 3 aromatic heterocycles. The molecule has 262 valence electrons. The van der Waals surface area contributed by atoms with Gasteiger partial charge in [0.25, 0.3) is 0 Å². The quantitative estimate of drug-likeness (QED) is 0.171. The van der Waals surface area contributed by atoms with Crippen LogP contribution >= 0.6 is 11.3 Å². The Balaban J connectivity index is 0.948. The average Bonchev–Trinajstić information content (AvgIpc) is 3.81. The zero-order valence-corrected chi connectivity index (χ0v) is 31.0. The van der Waals surface area contributed by atoms with E-state index in [0.29, 0.717) is 17.5 Å². The van der Waals surface area contributed by atoms with Gasteiger partial charge >= 0.3 is 0 Å². The predicted octanol–water partition coefficient (Wildman–Crippen LogP) is 13.7. The molecule has 0 unspecified atom stereocenters. The fourth-order valence-corrected chi connectivity index (χ4v) is 9.08. The number of nitrogens with zero attached hydrogens (tertiary/aromatic N) is 4. The van der Waals surface area contributed by atoms with Gasteiger partial charge in [-0.15, -0.1) is 11.3 Å². The SMILES string of the molecule is c1ccc(-c2ccc3c(c2)c2ccccc2n3-c2ccc(-c3ccc4c(c3)sc3cc(-c5nc(-c6ccccc6)nc(-c6ccccc6)n5)ccc34)cc2)cc1. The molecule has 0 saturated heterocycles. The largest absolute Gasteiger partial charge is 0.309 e. The van der Waals surface area contributed by atoms with Crippen LogP contribution in [-0.4, -0.2) is 19.5 Å². The van der Waals surface area contributed by atoms with Crippen LogP contribution in [0.2, 0.25) is 0 Å². The minimum atomic E-state index is 0.664. The monoisotopic (exact) mass is 732 g/mol. The maximum atomic E-state index is 4.97. The summed E-state index contributed by atoms with van der Waals surface area (Å²) in [6.07, 6.45) is 0. The minimum absolute atomic E-state index is 0.664. The highest BCUT2D eigenvalue weighted by molar-refractivity contribution is 7.25. The molecule has 0 bridgehead atoms. The fourth-order valence-electron chi connectivity index (χ4n) is 7.90. The normalized spacial score (nSPS) is 11.6. The molecular formula is C51H32N4S. The van der Waals surface area contributed by atoms with Crippen LogP contribution in [0.15, 0.2) is 194 Å². The van der Waals surface area contributed by atoms with Gasteiger partial charge in [0, 0.05) is 53.3 Å². The van der Waals surface area contributed by atoms with Crippen molar-refractivity contribution in [3.63, 3.8) is 0 Å². The molecule has 0 radical (unpaired) electrons. The van der Waals surface area contributed by atoms with E-state index >= 15 is 0 Å². The number of thiophene rings is 1. The van der Waals surface area contributed by atoms with E-state index in [1.54, 1.807) is 0 Å². The Hall–Kier alpha value is -7.21. The van der Waals surface area contributed by atoms with Crippen molar-refractivity contribution in [1.29, 1.82) is 0 Å². The van der Waals surface area contributed by atoms with Crippen LogP contribution in [0.3, 0.4) is 0 Å². The van der Waals surface area contributed by atoms with E-state index in [4.69, 9.17) is 15.0 Å². The van der Waals surface area contributed by atoms with E-state index in [9.17, 15) is 0 Å². The first-order valence-corrected chi connectivity index (χ1v) is 19.6. The van der Waals surface area contributed by atoms with Gasteiger partial charge < -0.3 is 4.57 Å². The number of hydrogen-bond donors (Lipinski definition) is 0. The third-order valence-corrected chi connectivity index (χ3v) is 11.8. The molecule has 56 heavy (non-hydrogen) atoms. The molecule has 0 atom stereocenters. The summed E-state index contributed by atoms with van der Waals surface area (Å²) >= 11 is 1.81. The van der Waals surface area contributed by atoms with Crippen molar-refractivity contribution in [3.8, 4) is 62.1 Å². The summed E-state index contributed by atoms with van der Waals surface area (Å²) in [6.45, 7) is 0. The molecule has 3 heterocycles. The Morgan fingerprint density at radius 3 is 1.39 bits per heavy atom. The minimum Gasteiger partial charge on any atom is -0.309 e. The Bertz CT molecular complexity index is 3160. The molecule has 8 aromatic carbocycles. The molecule has 5 heteroatoms. The molecule has 0 spiro atoms. The summed E-state index contributed by atoms with van der Waals surface area (Å²) in [6, 6.07) is 68.8. The molecule has 11 rings (SSSR count). The third kappa shape index (κ3) is 5.56. The lowest BCUT2D eigenvalue weighted by Crippen LogP contribution is -1.99. The highest BCUT2D eigenvalue weighted by atomic mass is 32.1. The zero-order valence-electron chi connectivity index (χ0n) is 30.2. The first-order valence-electron chi connectivity index (χ1n) is 18.8. The van der Waals surface area contributed by atoms with Crippen LogP contribution in [0, 0.1) is 0 Å². The summed E-state index contributed by atoms with van der Waals surface area (Å²) in [7, 11) is 0. The first-order chi connectivity index (χ1) is 27.7. The predicted molar refractivity (Wildman–Crippen MR) is 234 cm³/mol. The molecule has 0 fully saturated rings. The Kier molecular flexibility index (Phi) is 7.64. The van der Waals surface area contributed by atoms with Crippen molar-refractivity contribution in [3.05, 3.63) is 194 Å². The lowest BCUT2D eigenvalue weighted by atomic mass is 10.0. The standard InChI is InChI=1S/C51H32N4S/c1-4-12-33(13-5-1)37-24-29-46-44(30-37)41-18-10-11-19-45(41)55(46)40-25-20-34(21-26-40)38-22-27-42-43-28-23-39(32-48(43)56-47(42)31-38)51-53-49(35-14-6-2-7-15-35)52-50(54-51)36-16-8-3-9-17-36/h1-32H. The van der Waals surface area contributed by atoms with Crippen molar-refractivity contribution in [1.82, 2.24) is 19.5 Å². The lowest BCUT2D eigenvalue weighted by Gasteiger charge is -2.10. The van der Waals surface area contributed by atoms with E-state index in [1.165, 1.54) is 64.2 Å². The number of rotatable bonds is 6. The number of benzene rings is 8. The van der Waals surface area contributed by atoms with E-state index in [-0.39, 0.29) is 0 Å². The second-order valence-corrected chi connectivity index (χ2v) is 15.1. The molecule has 0 amide bonds. The van der Waals surface area contributed by atoms with Crippen molar-refractivity contribution in [2.75, 3.05) is 0 Å². The summed E-state index contributed by atoms with van der Waals surface area (Å²) in [5, 5.41) is 5.00. The molecule has 0 saturated carbocycles. The zero-order chi connectivity index (χ0) is 37.0. The van der Waals surface area contributed by atoms with Gasteiger partial charge in [0.15, 0.2) is 17.5 Å². The van der Waals surface area contributed by atoms with Gasteiger partial charge in [-0.3, -0.25) is 0 Å². The van der Waals surface area contributed by atoms with Crippen molar-refractivity contribution in [2.24, 2.45) is 0 Å². The third-order valence-electron chi connectivity index (χ3n) is 10.7. The molecule has 0 aliphatic carbocycles. The highest BCUT2D eigenvalue weighted by Crippen LogP contribution is 2.39. The first kappa shape index (κ1) is 32.2. The number of fused-ring (bicyclic) bond motifs is 6. The van der Waals surface area contributed by atoms with Gasteiger partial charge in [-0.05, 0) is 64.7 Å². The molecule has 11 aromatic rings. The van der Waals surface area contributed by atoms with Gasteiger partial charge in [-0.2, -0.15) is 0 Å². The number of hydrogen-bond acceptors (Lipinski definition) is 4. The molecule has 0 N–H and O–H groups in total. The number of para-hydroxylation sites is 1. The second-order valence-electron chi connectivity index (χ2n) is 14.1. The van der Waals surface area contributed by atoms with E-state index in [0.717, 1.165) is 22.4 Å². The van der Waals surface area contributed by atoms with E-state index in [1.807, 2.05) is 72.0 Å². The van der Waals surface area contributed by atoms with Crippen molar-refractivity contribution < 1.29 is 0 Å². The van der Waals surface area contributed by atoms with Gasteiger partial charge in [0.05, 0.1) is 11.0 Å². The van der Waals surface area contributed by atoms with Gasteiger partial charge in [-0.25, -0.2) is 15.0 Å². The topological polar surface area (TPSA) is 43.6 Å². The van der Waals surface area contributed by atoms with Crippen LogP contribution in [0.1, 0.15) is 0 Å². The summed E-state index contributed by atoms with van der Waals surface area (Å²) in [5.74, 6) is 1.99. The molecule has 0 aliphatic heterocycles. The van der Waals surface area contributed by atoms with Gasteiger partial charge in [0.1, 0.15) is 0 Å². The van der Waals surface area contributed by atoms with Crippen LogP contribution in [0.5, 0.6) is 0 Å². The Morgan fingerprint density at radius 2 is 0.750 bits per heavy atom. The Morgan fingerprint density at radius 1 is 0.304 bits per heavy atom. The molecule has 0 aliphatic rings. The summed E-state index contributed by atoms with van der Waals surface area (Å²) in [4.78, 5) is 14.8. The summed E-state index contributed by atoms with van der Waals surface area (Å²) in [5.41, 5.74) is 11.3.